The molecule has 0 spiro atoms. The summed E-state index contributed by atoms with van der Waals surface area (Å²) in [6.45, 7) is 2.71. The second-order valence-electron chi connectivity index (χ2n) is 9.08. The Morgan fingerprint density at radius 1 is 1.24 bits per heavy atom. The summed E-state index contributed by atoms with van der Waals surface area (Å²) in [5.74, 6) is -1.40. The van der Waals surface area contributed by atoms with E-state index in [-0.39, 0.29) is 30.2 Å². The molecule has 1 N–H and O–H groups in total. The number of ether oxygens (including phenoxy) is 1. The maximum absolute atomic E-state index is 14.1. The number of amides is 1. The summed E-state index contributed by atoms with van der Waals surface area (Å²) in [5.41, 5.74) is 3.71. The number of aliphatic carboxylic acids is 1. The highest BCUT2D eigenvalue weighted by Crippen LogP contribution is 2.34. The van der Waals surface area contributed by atoms with Gasteiger partial charge in [0.15, 0.2) is 0 Å². The van der Waals surface area contributed by atoms with Crippen LogP contribution in [0.1, 0.15) is 30.2 Å². The summed E-state index contributed by atoms with van der Waals surface area (Å²) < 4.78 is 21.2. The molecule has 0 radical (unpaired) electrons. The first kappa shape index (κ1) is 24.0. The Kier molecular flexibility index (Phi) is 7.32. The summed E-state index contributed by atoms with van der Waals surface area (Å²) in [7, 11) is 1.62. The van der Waals surface area contributed by atoms with Gasteiger partial charge in [0.2, 0.25) is 5.91 Å². The second kappa shape index (κ2) is 10.4. The third-order valence-corrected chi connectivity index (χ3v) is 6.76. The number of carbonyl (C=O) groups excluding carboxylic acids is 1. The lowest BCUT2D eigenvalue weighted by atomic mass is 9.89. The topological polar surface area (TPSA) is 71.8 Å². The Morgan fingerprint density at radius 2 is 2.00 bits per heavy atom. The number of benzene rings is 2. The van der Waals surface area contributed by atoms with Crippen molar-refractivity contribution in [3.63, 3.8) is 0 Å². The van der Waals surface area contributed by atoms with E-state index in [0.717, 1.165) is 34.1 Å². The third-order valence-electron chi connectivity index (χ3n) is 6.76. The van der Waals surface area contributed by atoms with E-state index in [1.165, 1.54) is 12.1 Å². The van der Waals surface area contributed by atoms with Crippen molar-refractivity contribution in [2.24, 2.45) is 5.92 Å². The summed E-state index contributed by atoms with van der Waals surface area (Å²) in [5, 5.41) is 10.2. The predicted octanol–water partition coefficient (Wildman–Crippen LogP) is 4.08. The number of carbonyl (C=O) groups is 2. The molecule has 1 amide bonds. The molecule has 2 atom stereocenters. The van der Waals surface area contributed by atoms with Crippen LogP contribution >= 0.6 is 0 Å². The van der Waals surface area contributed by atoms with Crippen LogP contribution in [0.15, 0.2) is 48.5 Å². The summed E-state index contributed by atoms with van der Waals surface area (Å²) in [4.78, 5) is 27.0. The monoisotopic (exact) mass is 466 g/mol. The van der Waals surface area contributed by atoms with E-state index in [0.29, 0.717) is 32.4 Å². The quantitative estimate of drug-likeness (QED) is 0.516. The van der Waals surface area contributed by atoms with Gasteiger partial charge in [0.25, 0.3) is 0 Å². The fourth-order valence-electron chi connectivity index (χ4n) is 5.19. The second-order valence-corrected chi connectivity index (χ2v) is 9.08. The van der Waals surface area contributed by atoms with Crippen LogP contribution in [0.3, 0.4) is 0 Å². The van der Waals surface area contributed by atoms with Crippen molar-refractivity contribution in [2.75, 3.05) is 20.3 Å². The molecule has 4 rings (SSSR count). The molecule has 0 bridgehead atoms. The van der Waals surface area contributed by atoms with Crippen LogP contribution in [-0.4, -0.2) is 52.8 Å². The van der Waals surface area contributed by atoms with Crippen molar-refractivity contribution in [1.29, 1.82) is 0 Å². The molecular formula is C27H31FN2O4. The lowest BCUT2D eigenvalue weighted by molar-refractivity contribution is -0.138. The minimum Gasteiger partial charge on any atom is -0.480 e. The summed E-state index contributed by atoms with van der Waals surface area (Å²) in [6, 6.07) is 14.4. The first-order valence-electron chi connectivity index (χ1n) is 11.7. The molecule has 0 aliphatic heterocycles. The van der Waals surface area contributed by atoms with E-state index in [1.807, 2.05) is 42.2 Å². The van der Waals surface area contributed by atoms with Crippen LogP contribution in [0.5, 0.6) is 0 Å². The molecule has 2 unspecified atom stereocenters. The minimum absolute atomic E-state index is 0.0551. The van der Waals surface area contributed by atoms with E-state index in [9.17, 15) is 19.1 Å². The van der Waals surface area contributed by atoms with Crippen LogP contribution in [0.4, 0.5) is 4.39 Å². The van der Waals surface area contributed by atoms with Crippen molar-refractivity contribution >= 4 is 22.8 Å². The highest BCUT2D eigenvalue weighted by Gasteiger charge is 2.33. The molecule has 0 saturated carbocycles. The first-order valence-corrected chi connectivity index (χ1v) is 11.7. The van der Waals surface area contributed by atoms with Crippen LogP contribution in [-0.2, 0) is 40.1 Å². The smallest absolute Gasteiger partial charge is 0.323 e. The number of aromatic nitrogens is 1. The van der Waals surface area contributed by atoms with Crippen LogP contribution in [0.2, 0.25) is 0 Å². The largest absolute Gasteiger partial charge is 0.480 e. The molecule has 1 aliphatic rings. The van der Waals surface area contributed by atoms with Crippen molar-refractivity contribution < 1.29 is 23.8 Å². The summed E-state index contributed by atoms with van der Waals surface area (Å²) >= 11 is 0. The molecule has 3 aromatic rings. The number of fused-ring (bicyclic) bond motifs is 3. The van der Waals surface area contributed by atoms with Crippen LogP contribution < -0.4 is 0 Å². The average molecular weight is 467 g/mol. The zero-order valence-corrected chi connectivity index (χ0v) is 19.7. The molecule has 1 heterocycles. The highest BCUT2D eigenvalue weighted by atomic mass is 19.1. The lowest BCUT2D eigenvalue weighted by Crippen LogP contribution is -2.47. The molecule has 2 aromatic carbocycles. The van der Waals surface area contributed by atoms with E-state index >= 15 is 0 Å². The number of hydrogen-bond acceptors (Lipinski definition) is 3. The predicted molar refractivity (Wildman–Crippen MR) is 128 cm³/mol. The molecule has 180 valence electrons. The fraction of sp³-hybridized carbons (Fsp3) is 0.407. The van der Waals surface area contributed by atoms with Gasteiger partial charge in [0.1, 0.15) is 12.4 Å². The van der Waals surface area contributed by atoms with Crippen molar-refractivity contribution in [3.8, 4) is 0 Å². The number of halogens is 1. The summed E-state index contributed by atoms with van der Waals surface area (Å²) in [6.07, 6.45) is 2.58. The highest BCUT2D eigenvalue weighted by molar-refractivity contribution is 5.87. The molecule has 6 nitrogen and oxygen atoms in total. The van der Waals surface area contributed by atoms with Gasteiger partial charge in [-0.15, -0.1) is 0 Å². The standard InChI is InChI=1S/C27H31FN2O4/c1-18(14-19-6-4-3-5-7-19)27(33)29(12-13-34-2)21-9-11-25-23(16-21)22-15-20(28)8-10-24(22)30(25)17-26(31)32/h3-8,10,15,18,21H,9,11-14,16-17H2,1-2H3,(H,31,32). The zero-order valence-electron chi connectivity index (χ0n) is 19.7. The van der Waals surface area contributed by atoms with Crippen LogP contribution in [0.25, 0.3) is 10.9 Å². The molecular weight excluding hydrogens is 435 g/mol. The molecule has 34 heavy (non-hydrogen) atoms. The Morgan fingerprint density at radius 3 is 2.71 bits per heavy atom. The van der Waals surface area contributed by atoms with E-state index in [4.69, 9.17) is 4.74 Å². The number of nitrogens with zero attached hydrogens (tertiary/aromatic N) is 2. The van der Waals surface area contributed by atoms with Gasteiger partial charge in [-0.05, 0) is 55.0 Å². The normalized spacial score (nSPS) is 16.3. The maximum Gasteiger partial charge on any atom is 0.323 e. The van der Waals surface area contributed by atoms with E-state index < -0.39 is 5.97 Å². The van der Waals surface area contributed by atoms with Gasteiger partial charge in [0.05, 0.1) is 6.61 Å². The molecule has 7 heteroatoms. The van der Waals surface area contributed by atoms with Gasteiger partial charge in [-0.3, -0.25) is 9.59 Å². The van der Waals surface area contributed by atoms with Crippen molar-refractivity contribution in [3.05, 3.63) is 71.2 Å². The Bertz CT molecular complexity index is 1170. The molecule has 0 saturated heterocycles. The Labute approximate surface area is 198 Å². The van der Waals surface area contributed by atoms with E-state index in [1.54, 1.807) is 17.7 Å². The van der Waals surface area contributed by atoms with Gasteiger partial charge in [-0.1, -0.05) is 37.3 Å². The van der Waals surface area contributed by atoms with Gasteiger partial charge in [-0.25, -0.2) is 4.39 Å². The Hall–Kier alpha value is -3.19. The van der Waals surface area contributed by atoms with Crippen molar-refractivity contribution in [1.82, 2.24) is 9.47 Å². The SMILES string of the molecule is COCCN(C(=O)C(C)Cc1ccccc1)C1CCc2c(c3cc(F)ccc3n2CC(=O)O)C1. The number of carboxylic acids is 1. The first-order chi connectivity index (χ1) is 16.4. The fourth-order valence-corrected chi connectivity index (χ4v) is 5.19. The average Bonchev–Trinajstić information content (AvgIpc) is 3.11. The maximum atomic E-state index is 14.1. The molecule has 1 aromatic heterocycles. The van der Waals surface area contributed by atoms with Gasteiger partial charge in [-0.2, -0.15) is 0 Å². The van der Waals surface area contributed by atoms with Gasteiger partial charge < -0.3 is 19.3 Å². The van der Waals surface area contributed by atoms with Crippen LogP contribution in [0, 0.1) is 11.7 Å². The minimum atomic E-state index is -0.933. The lowest BCUT2D eigenvalue weighted by Gasteiger charge is -2.36. The van der Waals surface area contributed by atoms with Gasteiger partial charge in [0, 0.05) is 42.2 Å². The van der Waals surface area contributed by atoms with Crippen molar-refractivity contribution in [2.45, 2.75) is 45.2 Å². The molecule has 1 aliphatic carbocycles. The van der Waals surface area contributed by atoms with Gasteiger partial charge >= 0.3 is 5.97 Å². The molecule has 0 fully saturated rings. The third kappa shape index (κ3) is 4.99. The Balaban J connectivity index is 1.63. The van der Waals surface area contributed by atoms with E-state index in [2.05, 4.69) is 0 Å². The number of methoxy groups -OCH3 is 1. The number of hydrogen-bond donors (Lipinski definition) is 1. The zero-order chi connectivity index (χ0) is 24.2. The number of carboxylic acid groups (broad SMARTS) is 1. The number of rotatable bonds is 9.